The molecule has 1 aliphatic heterocycles. The van der Waals surface area contributed by atoms with Crippen LogP contribution >= 0.6 is 11.6 Å². The van der Waals surface area contributed by atoms with Crippen LogP contribution in [0, 0.1) is 17.8 Å². The molecular weight excluding hydrogens is 458 g/mol. The number of benzene rings is 1. The summed E-state index contributed by atoms with van der Waals surface area (Å²) >= 11 is 6.83. The van der Waals surface area contributed by atoms with E-state index in [1.54, 1.807) is 18.3 Å². The van der Waals surface area contributed by atoms with Gasteiger partial charge in [-0.05, 0) is 98.1 Å². The first-order valence-corrected chi connectivity index (χ1v) is 13.5. The fourth-order valence-electron chi connectivity index (χ4n) is 7.11. The van der Waals surface area contributed by atoms with Gasteiger partial charge in [0.2, 0.25) is 0 Å². The molecule has 2 aliphatic carbocycles. The Morgan fingerprint density at radius 2 is 2.03 bits per heavy atom. The second-order valence-corrected chi connectivity index (χ2v) is 11.9. The van der Waals surface area contributed by atoms with E-state index in [-0.39, 0.29) is 11.4 Å². The lowest BCUT2D eigenvalue weighted by Gasteiger charge is -2.34. The fraction of sp³-hybridized carbons (Fsp3) is 0.586. The number of hydrogen-bond acceptors (Lipinski definition) is 5. The SMILES string of the molecule is COC(=O)c1cccnc1CN1CCCC(Nc2ccc(C3(C)CC4CC(C)CC4C3)cc2Cl)C1. The van der Waals surface area contributed by atoms with Gasteiger partial charge < -0.3 is 10.1 Å². The zero-order valence-electron chi connectivity index (χ0n) is 21.2. The van der Waals surface area contributed by atoms with Crippen molar-refractivity contribution < 1.29 is 9.53 Å². The first-order chi connectivity index (χ1) is 16.8. The molecule has 3 atom stereocenters. The highest BCUT2D eigenvalue weighted by Gasteiger charge is 2.46. The summed E-state index contributed by atoms with van der Waals surface area (Å²) in [6.45, 7) is 7.35. The third-order valence-electron chi connectivity index (χ3n) is 8.70. The molecule has 1 saturated heterocycles. The van der Waals surface area contributed by atoms with Crippen LogP contribution < -0.4 is 5.32 Å². The van der Waals surface area contributed by atoms with Gasteiger partial charge >= 0.3 is 5.97 Å². The van der Waals surface area contributed by atoms with Crippen LogP contribution in [0.2, 0.25) is 5.02 Å². The second-order valence-electron chi connectivity index (χ2n) is 11.5. The normalized spacial score (nSPS) is 30.7. The van der Waals surface area contributed by atoms with Gasteiger partial charge in [-0.1, -0.05) is 31.5 Å². The van der Waals surface area contributed by atoms with Crippen LogP contribution in [0.5, 0.6) is 0 Å². The number of rotatable bonds is 6. The fourth-order valence-corrected chi connectivity index (χ4v) is 7.34. The molecule has 35 heavy (non-hydrogen) atoms. The molecule has 0 spiro atoms. The number of nitrogens with zero attached hydrogens (tertiary/aromatic N) is 2. The lowest BCUT2D eigenvalue weighted by molar-refractivity contribution is 0.0597. The van der Waals surface area contributed by atoms with E-state index in [0.29, 0.717) is 18.2 Å². The topological polar surface area (TPSA) is 54.5 Å². The van der Waals surface area contributed by atoms with Gasteiger partial charge in [0.25, 0.3) is 0 Å². The number of aromatic nitrogens is 1. The minimum atomic E-state index is -0.333. The third kappa shape index (κ3) is 5.22. The molecule has 1 N–H and O–H groups in total. The van der Waals surface area contributed by atoms with Gasteiger partial charge in [-0.15, -0.1) is 0 Å². The van der Waals surface area contributed by atoms with Gasteiger partial charge in [0.15, 0.2) is 0 Å². The summed E-state index contributed by atoms with van der Waals surface area (Å²) in [6.07, 6.45) is 9.30. The van der Waals surface area contributed by atoms with Crippen molar-refractivity contribution in [3.05, 3.63) is 58.4 Å². The van der Waals surface area contributed by atoms with E-state index >= 15 is 0 Å². The Hall–Kier alpha value is -2.11. The van der Waals surface area contributed by atoms with Crippen molar-refractivity contribution in [3.8, 4) is 0 Å². The van der Waals surface area contributed by atoms with Crippen LogP contribution in [0.15, 0.2) is 36.5 Å². The maximum Gasteiger partial charge on any atom is 0.339 e. The molecular formula is C29H38ClN3O2. The Labute approximate surface area is 214 Å². The first-order valence-electron chi connectivity index (χ1n) is 13.2. The van der Waals surface area contributed by atoms with E-state index in [1.807, 2.05) is 0 Å². The van der Waals surface area contributed by atoms with Crippen LogP contribution in [0.25, 0.3) is 0 Å². The second kappa shape index (κ2) is 10.1. The number of halogens is 1. The number of carbonyl (C=O) groups excluding carboxylic acids is 1. The summed E-state index contributed by atoms with van der Waals surface area (Å²) in [6, 6.07) is 10.6. The Kier molecular flexibility index (Phi) is 7.09. The molecule has 6 heteroatoms. The average molecular weight is 496 g/mol. The number of likely N-dealkylation sites (tertiary alicyclic amines) is 1. The number of nitrogens with one attached hydrogen (secondary N) is 1. The van der Waals surface area contributed by atoms with Gasteiger partial charge in [-0.2, -0.15) is 0 Å². The molecule has 3 fully saturated rings. The number of fused-ring (bicyclic) bond motifs is 1. The van der Waals surface area contributed by atoms with Crippen molar-refractivity contribution >= 4 is 23.3 Å². The van der Waals surface area contributed by atoms with E-state index < -0.39 is 0 Å². The number of anilines is 1. The molecule has 3 unspecified atom stereocenters. The smallest absolute Gasteiger partial charge is 0.339 e. The number of hydrogen-bond donors (Lipinski definition) is 1. The molecule has 5 rings (SSSR count). The minimum absolute atomic E-state index is 0.249. The number of esters is 1. The molecule has 2 heterocycles. The van der Waals surface area contributed by atoms with Gasteiger partial charge in [-0.3, -0.25) is 9.88 Å². The van der Waals surface area contributed by atoms with E-state index in [9.17, 15) is 4.79 Å². The van der Waals surface area contributed by atoms with Crippen LogP contribution in [0.4, 0.5) is 5.69 Å². The summed E-state index contributed by atoms with van der Waals surface area (Å²) in [5.74, 6) is 2.34. The van der Waals surface area contributed by atoms with Gasteiger partial charge in [0.1, 0.15) is 0 Å². The molecule has 2 aromatic rings. The van der Waals surface area contributed by atoms with Crippen molar-refractivity contribution in [1.29, 1.82) is 0 Å². The van der Waals surface area contributed by atoms with E-state index in [0.717, 1.165) is 60.1 Å². The molecule has 0 radical (unpaired) electrons. The zero-order chi connectivity index (χ0) is 24.6. The highest BCUT2D eigenvalue weighted by Crippen LogP contribution is 2.55. The Balaban J connectivity index is 1.23. The van der Waals surface area contributed by atoms with Crippen LogP contribution in [-0.2, 0) is 16.7 Å². The first kappa shape index (κ1) is 24.6. The van der Waals surface area contributed by atoms with Crippen molar-refractivity contribution in [2.45, 2.75) is 70.4 Å². The van der Waals surface area contributed by atoms with Gasteiger partial charge in [0.05, 0.1) is 29.1 Å². The molecule has 1 aromatic carbocycles. The highest BCUT2D eigenvalue weighted by molar-refractivity contribution is 6.33. The van der Waals surface area contributed by atoms with E-state index in [4.69, 9.17) is 16.3 Å². The molecule has 0 bridgehead atoms. The highest BCUT2D eigenvalue weighted by atomic mass is 35.5. The molecule has 0 amide bonds. The summed E-state index contributed by atoms with van der Waals surface area (Å²) in [4.78, 5) is 18.9. The Morgan fingerprint density at radius 1 is 1.26 bits per heavy atom. The summed E-state index contributed by atoms with van der Waals surface area (Å²) in [7, 11) is 1.41. The monoisotopic (exact) mass is 495 g/mol. The van der Waals surface area contributed by atoms with Crippen molar-refractivity contribution in [2.75, 3.05) is 25.5 Å². The number of carbonyl (C=O) groups is 1. The summed E-state index contributed by atoms with van der Waals surface area (Å²) in [5.41, 5.74) is 3.98. The predicted octanol–water partition coefficient (Wildman–Crippen LogP) is 6.31. The quantitative estimate of drug-likeness (QED) is 0.476. The number of pyridine rings is 1. The maximum absolute atomic E-state index is 12.1. The van der Waals surface area contributed by atoms with Crippen molar-refractivity contribution in [1.82, 2.24) is 9.88 Å². The lowest BCUT2D eigenvalue weighted by Crippen LogP contribution is -2.42. The number of ether oxygens (including phenoxy) is 1. The summed E-state index contributed by atoms with van der Waals surface area (Å²) in [5, 5.41) is 4.53. The average Bonchev–Trinajstić information content (AvgIpc) is 3.33. The van der Waals surface area contributed by atoms with Crippen molar-refractivity contribution in [3.63, 3.8) is 0 Å². The number of piperidine rings is 1. The predicted molar refractivity (Wildman–Crippen MR) is 141 cm³/mol. The minimum Gasteiger partial charge on any atom is -0.465 e. The Morgan fingerprint density at radius 3 is 2.74 bits per heavy atom. The molecule has 5 nitrogen and oxygen atoms in total. The zero-order valence-corrected chi connectivity index (χ0v) is 22.0. The maximum atomic E-state index is 12.1. The van der Waals surface area contributed by atoms with Crippen LogP contribution in [0.3, 0.4) is 0 Å². The standard InChI is InChI=1S/C29H38ClN3O2/c1-19-12-20-15-29(2,16-21(20)13-19)22-8-9-26(25(30)14-22)32-23-6-5-11-33(17-23)18-27-24(28(34)35-3)7-4-10-31-27/h4,7-10,14,19-21,23,32H,5-6,11-13,15-18H2,1-3H3. The lowest BCUT2D eigenvalue weighted by atomic mass is 9.78. The number of methoxy groups -OCH3 is 1. The van der Waals surface area contributed by atoms with Gasteiger partial charge in [0, 0.05) is 25.3 Å². The molecule has 188 valence electrons. The van der Waals surface area contributed by atoms with Gasteiger partial charge in [-0.25, -0.2) is 4.79 Å². The van der Waals surface area contributed by atoms with E-state index in [1.165, 1.54) is 38.4 Å². The van der Waals surface area contributed by atoms with Crippen molar-refractivity contribution in [2.24, 2.45) is 17.8 Å². The third-order valence-corrected chi connectivity index (χ3v) is 9.02. The summed E-state index contributed by atoms with van der Waals surface area (Å²) < 4.78 is 4.93. The Bertz CT molecular complexity index is 1060. The van der Waals surface area contributed by atoms with Crippen LogP contribution in [0.1, 0.15) is 74.0 Å². The molecule has 3 aliphatic rings. The van der Waals surface area contributed by atoms with Crippen LogP contribution in [-0.4, -0.2) is 42.1 Å². The largest absolute Gasteiger partial charge is 0.465 e. The van der Waals surface area contributed by atoms with E-state index in [2.05, 4.69) is 47.2 Å². The molecule has 1 aromatic heterocycles. The molecule has 2 saturated carbocycles.